The quantitative estimate of drug-likeness (QED) is 0.897. The van der Waals surface area contributed by atoms with E-state index in [9.17, 15) is 0 Å². The van der Waals surface area contributed by atoms with Crippen LogP contribution in [-0.4, -0.2) is 5.16 Å². The molecule has 0 amide bonds. The summed E-state index contributed by atoms with van der Waals surface area (Å²) in [6.45, 7) is 9.87. The van der Waals surface area contributed by atoms with Crippen LogP contribution in [0.4, 0.5) is 0 Å². The smallest absolute Gasteiger partial charge is 0.138 e. The highest BCUT2D eigenvalue weighted by Gasteiger charge is 2.08. The summed E-state index contributed by atoms with van der Waals surface area (Å²) in [5.41, 5.74) is 6.12. The van der Waals surface area contributed by atoms with Crippen LogP contribution in [0.3, 0.4) is 0 Å². The molecule has 0 aliphatic carbocycles. The van der Waals surface area contributed by atoms with Gasteiger partial charge in [-0.15, -0.1) is 0 Å². The van der Waals surface area contributed by atoms with Gasteiger partial charge in [0.1, 0.15) is 5.76 Å². The summed E-state index contributed by atoms with van der Waals surface area (Å²) in [4.78, 5) is 0. The van der Waals surface area contributed by atoms with Gasteiger partial charge in [-0.2, -0.15) is 0 Å². The maximum Gasteiger partial charge on any atom is 0.138 e. The average Bonchev–Trinajstić information content (AvgIpc) is 2.65. The number of nitrogens with zero attached hydrogens (tertiary/aromatic N) is 1. The third-order valence-electron chi connectivity index (χ3n) is 3.30. The highest BCUT2D eigenvalue weighted by molar-refractivity contribution is 5.30. The first-order valence-electron chi connectivity index (χ1n) is 6.26. The van der Waals surface area contributed by atoms with E-state index in [2.05, 4.69) is 42.5 Å². The maximum absolute atomic E-state index is 5.15. The number of benzene rings is 1. The second kappa shape index (κ2) is 5.36. The number of hydrogen-bond donors (Lipinski definition) is 1. The Bertz CT molecular complexity index is 524. The van der Waals surface area contributed by atoms with Gasteiger partial charge in [0.25, 0.3) is 0 Å². The summed E-state index contributed by atoms with van der Waals surface area (Å²) in [6, 6.07) is 6.55. The van der Waals surface area contributed by atoms with Gasteiger partial charge in [-0.05, 0) is 38.8 Å². The molecule has 1 heterocycles. The first-order chi connectivity index (χ1) is 8.58. The zero-order valence-electron chi connectivity index (χ0n) is 11.5. The minimum Gasteiger partial charge on any atom is -0.361 e. The van der Waals surface area contributed by atoms with Gasteiger partial charge in [0.15, 0.2) is 0 Å². The monoisotopic (exact) mass is 244 g/mol. The zero-order chi connectivity index (χ0) is 13.1. The molecule has 3 heteroatoms. The molecular weight excluding hydrogens is 224 g/mol. The molecule has 1 aromatic heterocycles. The summed E-state index contributed by atoms with van der Waals surface area (Å²) in [7, 11) is 0. The Morgan fingerprint density at radius 1 is 1.11 bits per heavy atom. The Labute approximate surface area is 108 Å². The van der Waals surface area contributed by atoms with Crippen molar-refractivity contribution in [3.63, 3.8) is 0 Å². The predicted molar refractivity (Wildman–Crippen MR) is 72.4 cm³/mol. The summed E-state index contributed by atoms with van der Waals surface area (Å²) in [5, 5.41) is 7.41. The molecule has 2 aromatic rings. The average molecular weight is 244 g/mol. The van der Waals surface area contributed by atoms with Gasteiger partial charge in [-0.3, -0.25) is 0 Å². The molecule has 0 radical (unpaired) electrons. The molecule has 1 N–H and O–H groups in total. The van der Waals surface area contributed by atoms with Crippen LogP contribution in [0.15, 0.2) is 22.7 Å². The van der Waals surface area contributed by atoms with Crippen molar-refractivity contribution in [3.8, 4) is 0 Å². The lowest BCUT2D eigenvalue weighted by Gasteiger charge is -2.08. The standard InChI is InChI=1S/C15H20N2O/c1-10-5-6-11(2)14(7-10)8-16-9-15-12(3)17-18-13(15)4/h5-7,16H,8-9H2,1-4H3. The molecule has 0 spiro atoms. The summed E-state index contributed by atoms with van der Waals surface area (Å²) in [5.74, 6) is 0.904. The molecule has 0 unspecified atom stereocenters. The fourth-order valence-corrected chi connectivity index (χ4v) is 2.07. The molecule has 18 heavy (non-hydrogen) atoms. The number of aromatic nitrogens is 1. The van der Waals surface area contributed by atoms with Crippen molar-refractivity contribution in [2.45, 2.75) is 40.8 Å². The predicted octanol–water partition coefficient (Wildman–Crippen LogP) is 3.20. The molecule has 0 saturated carbocycles. The zero-order valence-corrected chi connectivity index (χ0v) is 11.5. The molecule has 0 aliphatic heterocycles. The largest absolute Gasteiger partial charge is 0.361 e. The summed E-state index contributed by atoms with van der Waals surface area (Å²) < 4.78 is 5.15. The van der Waals surface area contributed by atoms with E-state index in [1.54, 1.807) is 0 Å². The van der Waals surface area contributed by atoms with E-state index >= 15 is 0 Å². The van der Waals surface area contributed by atoms with Crippen LogP contribution >= 0.6 is 0 Å². The van der Waals surface area contributed by atoms with Crippen molar-refractivity contribution in [3.05, 3.63) is 51.9 Å². The fraction of sp³-hybridized carbons (Fsp3) is 0.400. The van der Waals surface area contributed by atoms with Crippen LogP contribution in [0.5, 0.6) is 0 Å². The molecule has 3 nitrogen and oxygen atoms in total. The summed E-state index contributed by atoms with van der Waals surface area (Å²) in [6.07, 6.45) is 0. The van der Waals surface area contributed by atoms with Crippen molar-refractivity contribution in [1.82, 2.24) is 10.5 Å². The highest BCUT2D eigenvalue weighted by Crippen LogP contribution is 2.13. The Morgan fingerprint density at radius 2 is 1.89 bits per heavy atom. The van der Waals surface area contributed by atoms with Gasteiger partial charge in [-0.25, -0.2) is 0 Å². The molecule has 0 bridgehead atoms. The van der Waals surface area contributed by atoms with E-state index in [-0.39, 0.29) is 0 Å². The van der Waals surface area contributed by atoms with E-state index in [1.165, 1.54) is 22.3 Å². The Hall–Kier alpha value is -1.61. The van der Waals surface area contributed by atoms with E-state index in [1.807, 2.05) is 13.8 Å². The second-order valence-electron chi connectivity index (χ2n) is 4.84. The number of hydrogen-bond acceptors (Lipinski definition) is 3. The van der Waals surface area contributed by atoms with Crippen molar-refractivity contribution < 1.29 is 4.52 Å². The fourth-order valence-electron chi connectivity index (χ4n) is 2.07. The molecule has 0 saturated heterocycles. The van der Waals surface area contributed by atoms with Crippen LogP contribution in [0.25, 0.3) is 0 Å². The highest BCUT2D eigenvalue weighted by atomic mass is 16.5. The van der Waals surface area contributed by atoms with Gasteiger partial charge in [-0.1, -0.05) is 28.9 Å². The van der Waals surface area contributed by atoms with Gasteiger partial charge in [0, 0.05) is 18.7 Å². The van der Waals surface area contributed by atoms with Gasteiger partial charge >= 0.3 is 0 Å². The van der Waals surface area contributed by atoms with E-state index < -0.39 is 0 Å². The van der Waals surface area contributed by atoms with Gasteiger partial charge in [0.05, 0.1) is 5.69 Å². The van der Waals surface area contributed by atoms with E-state index in [0.717, 1.165) is 24.5 Å². The lowest BCUT2D eigenvalue weighted by atomic mass is 10.1. The molecule has 1 aromatic carbocycles. The Morgan fingerprint density at radius 3 is 2.56 bits per heavy atom. The van der Waals surface area contributed by atoms with E-state index in [0.29, 0.717) is 0 Å². The molecule has 0 aliphatic rings. The second-order valence-corrected chi connectivity index (χ2v) is 4.84. The SMILES string of the molecule is Cc1ccc(C)c(CNCc2c(C)noc2C)c1. The molecule has 0 fully saturated rings. The van der Waals surface area contributed by atoms with Crippen LogP contribution < -0.4 is 5.32 Å². The third kappa shape index (κ3) is 2.79. The summed E-state index contributed by atoms with van der Waals surface area (Å²) >= 11 is 0. The lowest BCUT2D eigenvalue weighted by molar-refractivity contribution is 0.392. The van der Waals surface area contributed by atoms with Crippen molar-refractivity contribution in [1.29, 1.82) is 0 Å². The number of nitrogens with one attached hydrogen (secondary N) is 1. The van der Waals surface area contributed by atoms with Crippen LogP contribution in [-0.2, 0) is 13.1 Å². The third-order valence-corrected chi connectivity index (χ3v) is 3.30. The molecular formula is C15H20N2O. The molecule has 96 valence electrons. The molecule has 0 atom stereocenters. The van der Waals surface area contributed by atoms with Crippen LogP contribution in [0, 0.1) is 27.7 Å². The lowest BCUT2D eigenvalue weighted by Crippen LogP contribution is -2.14. The molecule has 2 rings (SSSR count). The minimum atomic E-state index is 0.800. The minimum absolute atomic E-state index is 0.800. The van der Waals surface area contributed by atoms with Crippen molar-refractivity contribution in [2.24, 2.45) is 0 Å². The van der Waals surface area contributed by atoms with E-state index in [4.69, 9.17) is 4.52 Å². The topological polar surface area (TPSA) is 38.1 Å². The van der Waals surface area contributed by atoms with Crippen molar-refractivity contribution in [2.75, 3.05) is 0 Å². The first kappa shape index (κ1) is 12.8. The Kier molecular flexibility index (Phi) is 3.82. The maximum atomic E-state index is 5.15. The normalized spacial score (nSPS) is 10.9. The van der Waals surface area contributed by atoms with Gasteiger partial charge < -0.3 is 9.84 Å². The van der Waals surface area contributed by atoms with Gasteiger partial charge in [0.2, 0.25) is 0 Å². The number of rotatable bonds is 4. The number of aryl methyl sites for hydroxylation is 4. The van der Waals surface area contributed by atoms with Crippen LogP contribution in [0.1, 0.15) is 33.7 Å². The van der Waals surface area contributed by atoms with Crippen LogP contribution in [0.2, 0.25) is 0 Å². The van der Waals surface area contributed by atoms with Crippen molar-refractivity contribution >= 4 is 0 Å². The first-order valence-corrected chi connectivity index (χ1v) is 6.26. The Balaban J connectivity index is 1.98.